The Labute approximate surface area is 127 Å². The van der Waals surface area contributed by atoms with Crippen LogP contribution in [-0.4, -0.2) is 41.6 Å². The second-order valence-electron chi connectivity index (χ2n) is 6.28. The average Bonchev–Trinajstić information content (AvgIpc) is 2.59. The van der Waals surface area contributed by atoms with Gasteiger partial charge in [0.15, 0.2) is 0 Å². The molecule has 118 valence electrons. The summed E-state index contributed by atoms with van der Waals surface area (Å²) in [6, 6.07) is 0. The number of rotatable bonds is 3. The summed E-state index contributed by atoms with van der Waals surface area (Å²) < 4.78 is 5.41. The molecule has 0 aromatic heterocycles. The van der Waals surface area contributed by atoms with E-state index >= 15 is 0 Å². The van der Waals surface area contributed by atoms with E-state index in [1.807, 2.05) is 27.7 Å². The van der Waals surface area contributed by atoms with Crippen LogP contribution in [-0.2, 0) is 4.74 Å². The Kier molecular flexibility index (Phi) is 6.12. The van der Waals surface area contributed by atoms with Gasteiger partial charge in [-0.25, -0.2) is 4.79 Å². The first kappa shape index (κ1) is 17.4. The van der Waals surface area contributed by atoms with Crippen molar-refractivity contribution in [3.63, 3.8) is 0 Å². The molecule has 1 heterocycles. The van der Waals surface area contributed by atoms with Crippen LogP contribution in [0.25, 0.3) is 0 Å². The molecule has 0 aromatic rings. The number of aliphatic imine (C=N–C) groups is 1. The van der Waals surface area contributed by atoms with Crippen molar-refractivity contribution in [2.45, 2.75) is 59.5 Å². The van der Waals surface area contributed by atoms with Crippen LogP contribution in [0, 0.1) is 5.41 Å². The van der Waals surface area contributed by atoms with Crippen LogP contribution in [0.4, 0.5) is 4.79 Å². The second-order valence-corrected chi connectivity index (χ2v) is 6.28. The number of carbonyl (C=O) groups excluding carboxylic acids is 1. The van der Waals surface area contributed by atoms with E-state index < -0.39 is 5.60 Å². The van der Waals surface area contributed by atoms with Gasteiger partial charge in [-0.05, 0) is 46.1 Å². The molecule has 21 heavy (non-hydrogen) atoms. The monoisotopic (exact) mass is 293 g/mol. The van der Waals surface area contributed by atoms with Crippen molar-refractivity contribution in [3.05, 3.63) is 11.3 Å². The third-order valence-corrected chi connectivity index (χ3v) is 3.30. The standard InChI is InChI=1S/C16H27N3O2/c1-6-12(2)18-14-8-10-19(9-7-13(14)11-17)15(20)21-16(3,4)5/h11,17H,6-10H2,1-5H3. The molecule has 0 saturated carbocycles. The Hall–Kier alpha value is -1.65. The largest absolute Gasteiger partial charge is 0.444 e. The third-order valence-electron chi connectivity index (χ3n) is 3.30. The lowest BCUT2D eigenvalue weighted by Gasteiger charge is -2.26. The highest BCUT2D eigenvalue weighted by Crippen LogP contribution is 2.21. The van der Waals surface area contributed by atoms with Crippen molar-refractivity contribution >= 4 is 18.0 Å². The summed E-state index contributed by atoms with van der Waals surface area (Å²) in [4.78, 5) is 18.4. The number of hydrogen-bond donors (Lipinski definition) is 1. The van der Waals surface area contributed by atoms with Gasteiger partial charge in [0.05, 0.1) is 0 Å². The molecule has 0 fully saturated rings. The Morgan fingerprint density at radius 1 is 1.38 bits per heavy atom. The van der Waals surface area contributed by atoms with Gasteiger partial charge >= 0.3 is 6.09 Å². The minimum atomic E-state index is -0.485. The molecule has 5 nitrogen and oxygen atoms in total. The van der Waals surface area contributed by atoms with Gasteiger partial charge < -0.3 is 15.0 Å². The lowest BCUT2D eigenvalue weighted by atomic mass is 10.1. The Morgan fingerprint density at radius 2 is 2.00 bits per heavy atom. The summed E-state index contributed by atoms with van der Waals surface area (Å²) in [6.07, 6.45) is 3.29. The smallest absolute Gasteiger partial charge is 0.410 e. The molecular formula is C16H27N3O2. The van der Waals surface area contributed by atoms with Crippen LogP contribution in [0.5, 0.6) is 0 Å². The average molecular weight is 293 g/mol. The minimum absolute atomic E-state index is 0.288. The van der Waals surface area contributed by atoms with Crippen molar-refractivity contribution < 1.29 is 9.53 Å². The summed E-state index contributed by atoms with van der Waals surface area (Å²) in [5, 5.41) is 7.56. The van der Waals surface area contributed by atoms with E-state index in [-0.39, 0.29) is 6.09 Å². The molecule has 1 N–H and O–H groups in total. The number of hydrogen-bond acceptors (Lipinski definition) is 4. The number of nitrogens with zero attached hydrogens (tertiary/aromatic N) is 2. The number of amides is 1. The van der Waals surface area contributed by atoms with E-state index in [2.05, 4.69) is 11.9 Å². The molecule has 0 unspecified atom stereocenters. The molecule has 0 bridgehead atoms. The van der Waals surface area contributed by atoms with Gasteiger partial charge in [-0.15, -0.1) is 0 Å². The molecule has 0 aromatic carbocycles. The van der Waals surface area contributed by atoms with E-state index in [9.17, 15) is 4.79 Å². The highest BCUT2D eigenvalue weighted by molar-refractivity contribution is 5.84. The Morgan fingerprint density at radius 3 is 2.52 bits per heavy atom. The summed E-state index contributed by atoms with van der Waals surface area (Å²) in [6.45, 7) is 10.8. The quantitative estimate of drug-likeness (QED) is 0.804. The molecule has 1 amide bonds. The number of ether oxygens (including phenoxy) is 1. The zero-order chi connectivity index (χ0) is 16.0. The lowest BCUT2D eigenvalue weighted by Crippen LogP contribution is -2.37. The van der Waals surface area contributed by atoms with E-state index in [1.54, 1.807) is 4.90 Å². The maximum absolute atomic E-state index is 12.1. The first-order chi connectivity index (χ1) is 9.76. The first-order valence-corrected chi connectivity index (χ1v) is 7.51. The van der Waals surface area contributed by atoms with E-state index in [0.29, 0.717) is 25.9 Å². The minimum Gasteiger partial charge on any atom is -0.444 e. The SMILES string of the molecule is CCC(C)=NC1=C(C=N)CCN(C(=O)OC(C)(C)C)CC1. The molecule has 1 aliphatic rings. The van der Waals surface area contributed by atoms with Gasteiger partial charge in [-0.2, -0.15) is 0 Å². The molecule has 1 aliphatic heterocycles. The lowest BCUT2D eigenvalue weighted by molar-refractivity contribution is 0.0258. The molecular weight excluding hydrogens is 266 g/mol. The van der Waals surface area contributed by atoms with Crippen LogP contribution < -0.4 is 0 Å². The van der Waals surface area contributed by atoms with Crippen LogP contribution in [0.2, 0.25) is 0 Å². The number of nitrogens with one attached hydrogen (secondary N) is 1. The van der Waals surface area contributed by atoms with Crippen LogP contribution in [0.15, 0.2) is 16.3 Å². The summed E-state index contributed by atoms with van der Waals surface area (Å²) in [7, 11) is 0. The highest BCUT2D eigenvalue weighted by atomic mass is 16.6. The zero-order valence-corrected chi connectivity index (χ0v) is 13.8. The maximum atomic E-state index is 12.1. The highest BCUT2D eigenvalue weighted by Gasteiger charge is 2.24. The normalized spacial score (nSPS) is 17.6. The van der Waals surface area contributed by atoms with Gasteiger partial charge in [0.2, 0.25) is 0 Å². The molecule has 0 aliphatic carbocycles. The van der Waals surface area contributed by atoms with Crippen LogP contribution >= 0.6 is 0 Å². The molecule has 1 rings (SSSR count). The van der Waals surface area contributed by atoms with E-state index in [0.717, 1.165) is 23.4 Å². The van der Waals surface area contributed by atoms with Gasteiger partial charge in [0.1, 0.15) is 5.60 Å². The third kappa shape index (κ3) is 5.69. The number of carbonyl (C=O) groups is 1. The fraction of sp³-hybridized carbons (Fsp3) is 0.688. The van der Waals surface area contributed by atoms with Gasteiger partial charge in [-0.3, -0.25) is 4.99 Å². The van der Waals surface area contributed by atoms with E-state index in [4.69, 9.17) is 10.1 Å². The summed E-state index contributed by atoms with van der Waals surface area (Å²) >= 11 is 0. The van der Waals surface area contributed by atoms with Crippen molar-refractivity contribution in [3.8, 4) is 0 Å². The van der Waals surface area contributed by atoms with Crippen LogP contribution in [0.1, 0.15) is 53.9 Å². The van der Waals surface area contributed by atoms with Crippen molar-refractivity contribution in [2.75, 3.05) is 13.1 Å². The van der Waals surface area contributed by atoms with Crippen molar-refractivity contribution in [1.29, 1.82) is 5.41 Å². The van der Waals surface area contributed by atoms with Gasteiger partial charge in [-0.1, -0.05) is 6.92 Å². The van der Waals surface area contributed by atoms with Crippen molar-refractivity contribution in [2.24, 2.45) is 4.99 Å². The Balaban J connectivity index is 2.80. The topological polar surface area (TPSA) is 65.8 Å². The van der Waals surface area contributed by atoms with Crippen LogP contribution in [0.3, 0.4) is 0 Å². The molecule has 0 radical (unpaired) electrons. The second kappa shape index (κ2) is 7.38. The molecule has 0 atom stereocenters. The zero-order valence-electron chi connectivity index (χ0n) is 13.8. The van der Waals surface area contributed by atoms with E-state index in [1.165, 1.54) is 6.21 Å². The maximum Gasteiger partial charge on any atom is 0.410 e. The molecule has 0 spiro atoms. The van der Waals surface area contributed by atoms with Gasteiger partial charge in [0, 0.05) is 37.1 Å². The molecule has 0 saturated heterocycles. The summed E-state index contributed by atoms with van der Waals surface area (Å²) in [5.74, 6) is 0. The first-order valence-electron chi connectivity index (χ1n) is 7.51. The summed E-state index contributed by atoms with van der Waals surface area (Å²) in [5.41, 5.74) is 2.40. The predicted octanol–water partition coefficient (Wildman–Crippen LogP) is 3.79. The fourth-order valence-electron chi connectivity index (χ4n) is 2.01. The van der Waals surface area contributed by atoms with Gasteiger partial charge in [0.25, 0.3) is 0 Å². The fourth-order valence-corrected chi connectivity index (χ4v) is 2.01. The predicted molar refractivity (Wildman–Crippen MR) is 86.3 cm³/mol. The Bertz CT molecular complexity index is 459. The van der Waals surface area contributed by atoms with Crippen molar-refractivity contribution in [1.82, 2.24) is 4.90 Å². The molecule has 5 heteroatoms.